The Morgan fingerprint density at radius 3 is 2.55 bits per heavy atom. The Bertz CT molecular complexity index is 818. The summed E-state index contributed by atoms with van der Waals surface area (Å²) < 4.78 is 5.22. The molecule has 0 radical (unpaired) electrons. The molecule has 0 aromatic heterocycles. The molecule has 6 nitrogen and oxygen atoms in total. The molecular formula is C23H31N3O3. The van der Waals surface area contributed by atoms with Gasteiger partial charge in [0.15, 0.2) is 0 Å². The first-order valence-corrected chi connectivity index (χ1v) is 10.2. The van der Waals surface area contributed by atoms with Gasteiger partial charge in [-0.05, 0) is 61.9 Å². The molecular weight excluding hydrogens is 366 g/mol. The smallest absolute Gasteiger partial charge is 0.252 e. The van der Waals surface area contributed by atoms with Crippen LogP contribution in [0.4, 0.5) is 5.69 Å². The van der Waals surface area contributed by atoms with E-state index in [0.29, 0.717) is 22.9 Å². The Morgan fingerprint density at radius 2 is 1.93 bits per heavy atom. The fourth-order valence-electron chi connectivity index (χ4n) is 4.05. The number of nitrogens with zero attached hydrogens (tertiary/aromatic N) is 1. The topological polar surface area (TPSA) is 102 Å². The zero-order valence-corrected chi connectivity index (χ0v) is 17.0. The average molecular weight is 398 g/mol. The molecule has 0 saturated carbocycles. The summed E-state index contributed by atoms with van der Waals surface area (Å²) in [7, 11) is 1.51. The highest BCUT2D eigenvalue weighted by Crippen LogP contribution is 2.30. The molecule has 1 saturated heterocycles. The number of anilines is 1. The number of methoxy groups -OCH3 is 1. The van der Waals surface area contributed by atoms with Gasteiger partial charge in [0.25, 0.3) is 5.91 Å². The maximum Gasteiger partial charge on any atom is 0.252 e. The van der Waals surface area contributed by atoms with Gasteiger partial charge in [-0.15, -0.1) is 0 Å². The lowest BCUT2D eigenvalue weighted by Gasteiger charge is -2.32. The van der Waals surface area contributed by atoms with Crippen LogP contribution in [0.2, 0.25) is 0 Å². The van der Waals surface area contributed by atoms with Crippen molar-refractivity contribution in [2.24, 2.45) is 11.7 Å². The Hall–Kier alpha value is -2.57. The van der Waals surface area contributed by atoms with Gasteiger partial charge in [0.1, 0.15) is 5.75 Å². The second-order valence-electron chi connectivity index (χ2n) is 7.82. The summed E-state index contributed by atoms with van der Waals surface area (Å²) in [5, 5.41) is 10.4. The van der Waals surface area contributed by atoms with E-state index in [2.05, 4.69) is 4.90 Å². The van der Waals surface area contributed by atoms with Gasteiger partial charge in [-0.3, -0.25) is 4.79 Å². The third-order valence-corrected chi connectivity index (χ3v) is 5.85. The van der Waals surface area contributed by atoms with Gasteiger partial charge in [0, 0.05) is 18.3 Å². The number of aliphatic hydroxyl groups is 1. The van der Waals surface area contributed by atoms with Crippen LogP contribution >= 0.6 is 0 Å². The third-order valence-electron chi connectivity index (χ3n) is 5.85. The molecule has 0 aliphatic carbocycles. The molecule has 1 unspecified atom stereocenters. The van der Waals surface area contributed by atoms with Crippen molar-refractivity contribution in [1.29, 1.82) is 0 Å². The number of likely N-dealkylation sites (tertiary alicyclic amines) is 1. The van der Waals surface area contributed by atoms with Crippen molar-refractivity contribution >= 4 is 11.6 Å². The molecule has 1 aliphatic rings. The van der Waals surface area contributed by atoms with Crippen molar-refractivity contribution in [2.45, 2.75) is 31.8 Å². The van der Waals surface area contributed by atoms with Crippen molar-refractivity contribution in [3.8, 4) is 5.75 Å². The Morgan fingerprint density at radius 1 is 1.24 bits per heavy atom. The number of hydrogen-bond acceptors (Lipinski definition) is 5. The van der Waals surface area contributed by atoms with E-state index in [1.807, 2.05) is 30.3 Å². The van der Waals surface area contributed by atoms with Gasteiger partial charge in [-0.1, -0.05) is 30.3 Å². The van der Waals surface area contributed by atoms with Crippen LogP contribution in [0.15, 0.2) is 42.5 Å². The summed E-state index contributed by atoms with van der Waals surface area (Å²) in [6.45, 7) is 2.90. The molecule has 0 bridgehead atoms. The quantitative estimate of drug-likeness (QED) is 0.595. The van der Waals surface area contributed by atoms with E-state index in [0.717, 1.165) is 56.4 Å². The number of hydrogen-bond donors (Lipinski definition) is 3. The number of aliphatic hydroxyl groups excluding tert-OH is 1. The number of nitrogen functional groups attached to an aromatic ring is 1. The van der Waals surface area contributed by atoms with Gasteiger partial charge in [-0.25, -0.2) is 0 Å². The fourth-order valence-corrected chi connectivity index (χ4v) is 4.05. The summed E-state index contributed by atoms with van der Waals surface area (Å²) >= 11 is 0. The Labute approximate surface area is 172 Å². The molecule has 1 amide bonds. The van der Waals surface area contributed by atoms with Crippen molar-refractivity contribution < 1.29 is 14.6 Å². The standard InChI is InChI=1S/C23H31N3O3/c1-29-22-15-20(24)18(14-19(22)23(25)28)13-16-7-10-26(11-8-16)12-9-21(27)17-5-3-2-4-6-17/h2-6,14-16,21,27H,7-13,24H2,1H3,(H2,25,28). The summed E-state index contributed by atoms with van der Waals surface area (Å²) in [5.41, 5.74) is 14.6. The highest BCUT2D eigenvalue weighted by atomic mass is 16.5. The minimum atomic E-state index is -0.505. The zero-order valence-electron chi connectivity index (χ0n) is 17.0. The van der Waals surface area contributed by atoms with E-state index in [-0.39, 0.29) is 0 Å². The number of ether oxygens (including phenoxy) is 1. The molecule has 29 heavy (non-hydrogen) atoms. The third kappa shape index (κ3) is 5.49. The number of carbonyl (C=O) groups excluding carboxylic acids is 1. The molecule has 6 heteroatoms. The van der Waals surface area contributed by atoms with Gasteiger partial charge in [0.05, 0.1) is 18.8 Å². The lowest BCUT2D eigenvalue weighted by Crippen LogP contribution is -2.35. The lowest BCUT2D eigenvalue weighted by molar-refractivity contribution is 0.0997. The average Bonchev–Trinajstić information content (AvgIpc) is 2.74. The lowest BCUT2D eigenvalue weighted by atomic mass is 9.88. The summed E-state index contributed by atoms with van der Waals surface area (Å²) in [6.07, 6.45) is 3.29. The van der Waals surface area contributed by atoms with Crippen LogP contribution in [0, 0.1) is 5.92 Å². The number of rotatable bonds is 8. The van der Waals surface area contributed by atoms with Crippen LogP contribution in [-0.2, 0) is 6.42 Å². The SMILES string of the molecule is COc1cc(N)c(CC2CCN(CCC(O)c3ccccc3)CC2)cc1C(N)=O. The minimum absolute atomic E-state index is 0.379. The molecule has 1 aliphatic heterocycles. The van der Waals surface area contributed by atoms with Crippen LogP contribution in [0.5, 0.6) is 5.75 Å². The Kier molecular flexibility index (Phi) is 7.12. The van der Waals surface area contributed by atoms with Crippen LogP contribution in [0.1, 0.15) is 46.9 Å². The highest BCUT2D eigenvalue weighted by Gasteiger charge is 2.22. The van der Waals surface area contributed by atoms with E-state index in [1.165, 1.54) is 7.11 Å². The molecule has 1 fully saturated rings. The first-order valence-electron chi connectivity index (χ1n) is 10.2. The second-order valence-corrected chi connectivity index (χ2v) is 7.82. The number of piperidine rings is 1. The minimum Gasteiger partial charge on any atom is -0.496 e. The van der Waals surface area contributed by atoms with Crippen LogP contribution < -0.4 is 16.2 Å². The summed E-state index contributed by atoms with van der Waals surface area (Å²) in [6, 6.07) is 13.3. The number of amides is 1. The van der Waals surface area contributed by atoms with Crippen LogP contribution in [0.25, 0.3) is 0 Å². The van der Waals surface area contributed by atoms with E-state index < -0.39 is 12.0 Å². The second kappa shape index (κ2) is 9.76. The summed E-state index contributed by atoms with van der Waals surface area (Å²) in [5.74, 6) is 0.433. The number of benzene rings is 2. The van der Waals surface area contributed by atoms with Gasteiger partial charge in [0.2, 0.25) is 0 Å². The van der Waals surface area contributed by atoms with Crippen molar-refractivity contribution in [3.05, 3.63) is 59.2 Å². The number of carbonyl (C=O) groups is 1. The van der Waals surface area contributed by atoms with Crippen LogP contribution in [-0.4, -0.2) is 42.7 Å². The fraction of sp³-hybridized carbons (Fsp3) is 0.435. The maximum atomic E-state index is 11.7. The van der Waals surface area contributed by atoms with Crippen molar-refractivity contribution in [3.63, 3.8) is 0 Å². The first-order chi connectivity index (χ1) is 14.0. The molecule has 3 rings (SSSR count). The number of nitrogens with two attached hydrogens (primary N) is 2. The monoisotopic (exact) mass is 397 g/mol. The molecule has 2 aromatic rings. The summed E-state index contributed by atoms with van der Waals surface area (Å²) in [4.78, 5) is 14.1. The highest BCUT2D eigenvalue weighted by molar-refractivity contribution is 5.96. The molecule has 0 spiro atoms. The predicted molar refractivity (Wildman–Crippen MR) is 115 cm³/mol. The van der Waals surface area contributed by atoms with E-state index in [9.17, 15) is 9.90 Å². The molecule has 2 aromatic carbocycles. The van der Waals surface area contributed by atoms with E-state index in [4.69, 9.17) is 16.2 Å². The predicted octanol–water partition coefficient (Wildman–Crippen LogP) is 2.75. The molecule has 5 N–H and O–H groups in total. The molecule has 1 heterocycles. The van der Waals surface area contributed by atoms with Gasteiger partial charge in [-0.2, -0.15) is 0 Å². The van der Waals surface area contributed by atoms with Crippen molar-refractivity contribution in [2.75, 3.05) is 32.5 Å². The largest absolute Gasteiger partial charge is 0.496 e. The van der Waals surface area contributed by atoms with Crippen molar-refractivity contribution in [1.82, 2.24) is 4.90 Å². The van der Waals surface area contributed by atoms with Gasteiger partial charge < -0.3 is 26.2 Å². The van der Waals surface area contributed by atoms with Crippen LogP contribution in [0.3, 0.4) is 0 Å². The van der Waals surface area contributed by atoms with Gasteiger partial charge >= 0.3 is 0 Å². The first kappa shape index (κ1) is 21.1. The van der Waals surface area contributed by atoms with E-state index in [1.54, 1.807) is 12.1 Å². The molecule has 156 valence electrons. The Balaban J connectivity index is 1.51. The molecule has 1 atom stereocenters. The van der Waals surface area contributed by atoms with E-state index >= 15 is 0 Å². The number of primary amides is 1. The normalized spacial score (nSPS) is 16.5. The zero-order chi connectivity index (χ0) is 20.8. The maximum absolute atomic E-state index is 11.7.